The molecule has 1 heterocycles. The lowest BCUT2D eigenvalue weighted by atomic mass is 10.2. The zero-order valence-electron chi connectivity index (χ0n) is 11.7. The van der Waals surface area contributed by atoms with Crippen molar-refractivity contribution in [1.29, 1.82) is 0 Å². The van der Waals surface area contributed by atoms with Crippen LogP contribution < -0.4 is 11.5 Å². The second-order valence-electron chi connectivity index (χ2n) is 4.79. The van der Waals surface area contributed by atoms with Crippen molar-refractivity contribution in [3.63, 3.8) is 0 Å². The third-order valence-corrected chi connectivity index (χ3v) is 3.25. The summed E-state index contributed by atoms with van der Waals surface area (Å²) in [5.74, 6) is -1.17. The molecular formula is C16H14N2O4. The number of nitrogens with two attached hydrogens (primary N) is 1. The Kier molecular flexibility index (Phi) is 3.65. The van der Waals surface area contributed by atoms with Gasteiger partial charge in [-0.25, -0.2) is 4.79 Å². The van der Waals surface area contributed by atoms with Crippen molar-refractivity contribution in [1.82, 2.24) is 4.57 Å². The zero-order valence-corrected chi connectivity index (χ0v) is 11.7. The van der Waals surface area contributed by atoms with E-state index >= 15 is 0 Å². The molecule has 0 saturated heterocycles. The van der Waals surface area contributed by atoms with E-state index in [1.165, 1.54) is 4.57 Å². The number of oxazole rings is 1. The van der Waals surface area contributed by atoms with Crippen LogP contribution in [0.3, 0.4) is 0 Å². The number of nitrogens with zero attached hydrogens (tertiary/aromatic N) is 1. The Morgan fingerprint density at radius 2 is 1.91 bits per heavy atom. The molecule has 0 unspecified atom stereocenters. The Morgan fingerprint density at radius 1 is 1.14 bits per heavy atom. The number of para-hydroxylation sites is 1. The molecular weight excluding hydrogens is 284 g/mol. The number of rotatable bonds is 4. The van der Waals surface area contributed by atoms with Gasteiger partial charge in [-0.05, 0) is 17.7 Å². The number of carbonyl (C=O) groups excluding carboxylic acids is 1. The van der Waals surface area contributed by atoms with Gasteiger partial charge < -0.3 is 14.9 Å². The first-order valence-corrected chi connectivity index (χ1v) is 6.72. The number of hydrogen-bond donors (Lipinski definition) is 1. The number of benzene rings is 2. The Bertz CT molecular complexity index is 865. The van der Waals surface area contributed by atoms with Crippen molar-refractivity contribution in [3.05, 3.63) is 64.6 Å². The number of esters is 1. The van der Waals surface area contributed by atoms with Crippen LogP contribution in [0.1, 0.15) is 5.56 Å². The molecule has 0 spiro atoms. The molecule has 0 atom stereocenters. The SMILES string of the molecule is Nc1cccc2oc(=O)n(CC(=O)OCc3ccccc3)c12. The lowest BCUT2D eigenvalue weighted by Gasteiger charge is -2.06. The Hall–Kier alpha value is -3.02. The maximum Gasteiger partial charge on any atom is 0.420 e. The van der Waals surface area contributed by atoms with Crippen molar-refractivity contribution in [2.45, 2.75) is 13.2 Å². The van der Waals surface area contributed by atoms with Gasteiger partial charge in [-0.2, -0.15) is 0 Å². The predicted molar refractivity (Wildman–Crippen MR) is 81.1 cm³/mol. The molecule has 0 aliphatic rings. The Balaban J connectivity index is 1.77. The van der Waals surface area contributed by atoms with Gasteiger partial charge in [-0.15, -0.1) is 0 Å². The minimum absolute atomic E-state index is 0.152. The van der Waals surface area contributed by atoms with Crippen molar-refractivity contribution >= 4 is 22.8 Å². The van der Waals surface area contributed by atoms with Crippen molar-refractivity contribution in [3.8, 4) is 0 Å². The van der Waals surface area contributed by atoms with Crippen LogP contribution >= 0.6 is 0 Å². The van der Waals surface area contributed by atoms with E-state index in [9.17, 15) is 9.59 Å². The fourth-order valence-electron chi connectivity index (χ4n) is 2.21. The third kappa shape index (κ3) is 2.71. The summed E-state index contributed by atoms with van der Waals surface area (Å²) in [5.41, 5.74) is 7.84. The largest absolute Gasteiger partial charge is 0.459 e. The Labute approximate surface area is 125 Å². The lowest BCUT2D eigenvalue weighted by molar-refractivity contribution is -0.145. The van der Waals surface area contributed by atoms with E-state index < -0.39 is 11.7 Å². The molecule has 3 rings (SSSR count). The minimum atomic E-state index is -0.635. The van der Waals surface area contributed by atoms with E-state index in [0.717, 1.165) is 5.56 Å². The molecule has 1 aromatic heterocycles. The summed E-state index contributed by atoms with van der Waals surface area (Å²) in [7, 11) is 0. The summed E-state index contributed by atoms with van der Waals surface area (Å²) in [5, 5.41) is 0. The standard InChI is InChI=1S/C16H14N2O4/c17-12-7-4-8-13-15(12)18(16(20)22-13)9-14(19)21-10-11-5-2-1-3-6-11/h1-8H,9-10,17H2. The molecule has 2 N–H and O–H groups in total. The molecule has 0 amide bonds. The van der Waals surface area contributed by atoms with Crippen LogP contribution in [0.15, 0.2) is 57.7 Å². The fourth-order valence-corrected chi connectivity index (χ4v) is 2.21. The van der Waals surface area contributed by atoms with E-state index in [1.54, 1.807) is 18.2 Å². The highest BCUT2D eigenvalue weighted by Gasteiger charge is 2.15. The number of anilines is 1. The smallest absolute Gasteiger partial charge is 0.420 e. The highest BCUT2D eigenvalue weighted by Crippen LogP contribution is 2.19. The van der Waals surface area contributed by atoms with Gasteiger partial charge in [0.15, 0.2) is 5.58 Å². The number of nitrogen functional groups attached to an aromatic ring is 1. The summed E-state index contributed by atoms with van der Waals surface area (Å²) < 4.78 is 11.4. The van der Waals surface area contributed by atoms with Crippen LogP contribution in [-0.4, -0.2) is 10.5 Å². The molecule has 0 radical (unpaired) electrons. The predicted octanol–water partition coefficient (Wildman–Crippen LogP) is 1.92. The van der Waals surface area contributed by atoms with Crippen LogP contribution in [-0.2, 0) is 22.7 Å². The summed E-state index contributed by atoms with van der Waals surface area (Å²) >= 11 is 0. The number of fused-ring (bicyclic) bond motifs is 1. The lowest BCUT2D eigenvalue weighted by Crippen LogP contribution is -2.22. The molecule has 3 aromatic rings. The highest BCUT2D eigenvalue weighted by molar-refractivity contribution is 5.86. The molecule has 112 valence electrons. The topological polar surface area (TPSA) is 87.5 Å². The number of aromatic nitrogens is 1. The van der Waals surface area contributed by atoms with E-state index in [0.29, 0.717) is 16.8 Å². The molecule has 0 fully saturated rings. The van der Waals surface area contributed by atoms with Crippen molar-refractivity contribution < 1.29 is 13.9 Å². The van der Waals surface area contributed by atoms with Crippen LogP contribution in [0, 0.1) is 0 Å². The zero-order chi connectivity index (χ0) is 15.5. The molecule has 0 aliphatic carbocycles. The van der Waals surface area contributed by atoms with Crippen LogP contribution in [0.25, 0.3) is 11.1 Å². The molecule has 22 heavy (non-hydrogen) atoms. The van der Waals surface area contributed by atoms with E-state index in [4.69, 9.17) is 14.9 Å². The monoisotopic (exact) mass is 298 g/mol. The number of hydrogen-bond acceptors (Lipinski definition) is 5. The molecule has 2 aromatic carbocycles. The van der Waals surface area contributed by atoms with E-state index in [2.05, 4.69) is 0 Å². The van der Waals surface area contributed by atoms with Crippen molar-refractivity contribution in [2.75, 3.05) is 5.73 Å². The van der Waals surface area contributed by atoms with Gasteiger partial charge >= 0.3 is 11.7 Å². The average Bonchev–Trinajstić information content (AvgIpc) is 2.83. The summed E-state index contributed by atoms with van der Waals surface area (Å²) in [6.45, 7) is -0.0907. The molecule has 6 nitrogen and oxygen atoms in total. The van der Waals surface area contributed by atoms with Crippen molar-refractivity contribution in [2.24, 2.45) is 0 Å². The summed E-state index contributed by atoms with van der Waals surface area (Å²) in [6.07, 6.45) is 0. The van der Waals surface area contributed by atoms with Gasteiger partial charge in [0.25, 0.3) is 0 Å². The average molecular weight is 298 g/mol. The normalized spacial score (nSPS) is 10.7. The molecule has 0 bridgehead atoms. The highest BCUT2D eigenvalue weighted by atomic mass is 16.5. The second-order valence-corrected chi connectivity index (χ2v) is 4.79. The minimum Gasteiger partial charge on any atom is -0.459 e. The molecule has 6 heteroatoms. The second kappa shape index (κ2) is 5.77. The maximum absolute atomic E-state index is 11.9. The van der Waals surface area contributed by atoms with Crippen LogP contribution in [0.2, 0.25) is 0 Å². The maximum atomic E-state index is 11.9. The van der Waals surface area contributed by atoms with Crippen LogP contribution in [0.5, 0.6) is 0 Å². The van der Waals surface area contributed by atoms with Gasteiger partial charge in [0.2, 0.25) is 0 Å². The molecule has 0 aliphatic heterocycles. The first kappa shape index (κ1) is 13.9. The van der Waals surface area contributed by atoms with Gasteiger partial charge in [0.1, 0.15) is 18.7 Å². The first-order valence-electron chi connectivity index (χ1n) is 6.72. The van der Waals surface area contributed by atoms with Crippen LogP contribution in [0.4, 0.5) is 5.69 Å². The first-order chi connectivity index (χ1) is 10.6. The van der Waals surface area contributed by atoms with Gasteiger partial charge in [0, 0.05) is 0 Å². The third-order valence-electron chi connectivity index (χ3n) is 3.25. The number of ether oxygens (including phenoxy) is 1. The number of carbonyl (C=O) groups is 1. The fraction of sp³-hybridized carbons (Fsp3) is 0.125. The van der Waals surface area contributed by atoms with E-state index in [1.807, 2.05) is 30.3 Å². The quantitative estimate of drug-likeness (QED) is 0.587. The van der Waals surface area contributed by atoms with Gasteiger partial charge in [0.05, 0.1) is 5.69 Å². The Morgan fingerprint density at radius 3 is 2.68 bits per heavy atom. The van der Waals surface area contributed by atoms with E-state index in [-0.39, 0.29) is 13.2 Å². The molecule has 0 saturated carbocycles. The summed E-state index contributed by atoms with van der Waals surface area (Å²) in [6, 6.07) is 14.2. The van der Waals surface area contributed by atoms with Gasteiger partial charge in [-0.1, -0.05) is 36.4 Å². The van der Waals surface area contributed by atoms with Gasteiger partial charge in [-0.3, -0.25) is 9.36 Å². The summed E-state index contributed by atoms with van der Waals surface area (Å²) in [4.78, 5) is 23.8.